The Kier molecular flexibility index (Phi) is 11.6. The number of benzene rings is 4. The highest BCUT2D eigenvalue weighted by atomic mass is 16.5. The summed E-state index contributed by atoms with van der Waals surface area (Å²) >= 11 is 0. The molecule has 0 spiro atoms. The van der Waals surface area contributed by atoms with Crippen LogP contribution in [-0.4, -0.2) is 10.2 Å². The minimum atomic E-state index is -0.196. The molecule has 24 bridgehead atoms. The van der Waals surface area contributed by atoms with Crippen LogP contribution in [-0.2, 0) is 27.1 Å². The van der Waals surface area contributed by atoms with Gasteiger partial charge in [0.1, 0.15) is 34.5 Å². The fourth-order valence-corrected chi connectivity index (χ4v) is 38.5. The van der Waals surface area contributed by atoms with Crippen molar-refractivity contribution in [3.05, 3.63) is 94.0 Å². The molecular weight excluding hydrogens is 1200 g/mol. The van der Waals surface area contributed by atoms with Crippen molar-refractivity contribution < 1.29 is 19.7 Å². The van der Waals surface area contributed by atoms with Crippen molar-refractivity contribution in [3.63, 3.8) is 0 Å². The Bertz CT molecular complexity index is 3810. The molecule has 24 aliphatic rings. The molecule has 0 radical (unpaired) electrons. The summed E-state index contributed by atoms with van der Waals surface area (Å²) in [6.07, 6.45) is 46.6. The molecule has 0 amide bonds. The van der Waals surface area contributed by atoms with Crippen LogP contribution in [0.5, 0.6) is 34.5 Å². The minimum absolute atomic E-state index is 0.0136. The predicted octanol–water partition coefficient (Wildman–Crippen LogP) is 23.2. The van der Waals surface area contributed by atoms with Crippen LogP contribution in [0.4, 0.5) is 11.4 Å². The zero-order chi connectivity index (χ0) is 66.6. The van der Waals surface area contributed by atoms with Crippen molar-refractivity contribution in [2.24, 2.45) is 113 Å². The summed E-state index contributed by atoms with van der Waals surface area (Å²) in [5.41, 5.74) is 26.7. The summed E-state index contributed by atoms with van der Waals surface area (Å²) in [7, 11) is 0. The molecule has 0 aliphatic heterocycles. The van der Waals surface area contributed by atoms with Crippen molar-refractivity contribution in [2.45, 2.75) is 307 Å². The number of nitrogen functional groups attached to an aromatic ring is 2. The smallest absolute Gasteiger partial charge is 0.142 e. The molecule has 0 aromatic heterocycles. The monoisotopic (exact) mass is 1320 g/mol. The normalized spacial score (nSPS) is 52.9. The third-order valence-corrected chi connectivity index (χ3v) is 36.0. The topological polar surface area (TPSA) is 111 Å². The SMILES string of the molecule is CC12CC3CC(C)(C1)CC(c1cc(C4(c5ccc(Oc6cc(O)c(N)cc6C67CC8CC(C)(CC(C)(C8)C6)C7)c(C67CC8CC(C)(CC(C)(C8)C6)C7)c5)C5CC6CC4CC(C47CC8CC(CC(C8)C4)C7)(C6)C5)ccc1Oc1cc(O)c(N)cc1C14CC5CC(C)(CC(C)(C5)C1)C4)(C3)C2. The zero-order valence-corrected chi connectivity index (χ0v) is 61.7. The lowest BCUT2D eigenvalue weighted by atomic mass is 9.31. The highest BCUT2D eigenvalue weighted by Gasteiger charge is 2.72. The van der Waals surface area contributed by atoms with Gasteiger partial charge in [-0.2, -0.15) is 0 Å². The largest absolute Gasteiger partial charge is 0.506 e. The van der Waals surface area contributed by atoms with E-state index in [9.17, 15) is 10.2 Å². The second kappa shape index (κ2) is 18.6. The zero-order valence-electron chi connectivity index (χ0n) is 61.7. The first-order chi connectivity index (χ1) is 46.3. The number of phenolic OH excluding ortho intramolecular Hbond substituents is 2. The summed E-state index contributed by atoms with van der Waals surface area (Å²) in [5.74, 6) is 11.8. The highest BCUT2D eigenvalue weighted by Crippen LogP contribution is 2.81. The Hall–Kier alpha value is -4.32. The first-order valence-corrected chi connectivity index (χ1v) is 41.2. The van der Waals surface area contributed by atoms with E-state index in [-0.39, 0.29) is 38.6 Å². The van der Waals surface area contributed by atoms with Crippen molar-refractivity contribution in [2.75, 3.05) is 11.5 Å². The van der Waals surface area contributed by atoms with E-state index in [1.807, 2.05) is 12.1 Å². The van der Waals surface area contributed by atoms with Crippen molar-refractivity contribution >= 4 is 11.4 Å². The number of hydrogen-bond donors (Lipinski definition) is 4. The second-order valence-corrected chi connectivity index (χ2v) is 45.8. The van der Waals surface area contributed by atoms with Crippen LogP contribution >= 0.6 is 0 Å². The Labute approximate surface area is 588 Å². The van der Waals surface area contributed by atoms with Gasteiger partial charge in [0.15, 0.2) is 0 Å². The number of anilines is 2. The van der Waals surface area contributed by atoms with Crippen LogP contribution in [0.25, 0.3) is 0 Å². The molecule has 24 saturated carbocycles. The summed E-state index contributed by atoms with van der Waals surface area (Å²) in [5, 5.41) is 24.0. The van der Waals surface area contributed by atoms with Gasteiger partial charge in [-0.15, -0.1) is 0 Å². The third-order valence-electron chi connectivity index (χ3n) is 36.0. The Balaban J connectivity index is 0.754. The maximum atomic E-state index is 12.0. The van der Waals surface area contributed by atoms with Gasteiger partial charge in [0.2, 0.25) is 0 Å². The number of aromatic hydroxyl groups is 2. The number of nitrogens with two attached hydrogens (primary N) is 2. The molecule has 6 N–H and O–H groups in total. The molecule has 6 heteroatoms. The second-order valence-electron chi connectivity index (χ2n) is 45.8. The van der Waals surface area contributed by atoms with Crippen molar-refractivity contribution in [3.8, 4) is 34.5 Å². The molecule has 24 fully saturated rings. The van der Waals surface area contributed by atoms with Gasteiger partial charge in [0.05, 0.1) is 11.4 Å². The molecule has 4 aromatic rings. The van der Waals surface area contributed by atoms with Gasteiger partial charge in [-0.3, -0.25) is 0 Å². The maximum absolute atomic E-state index is 12.0. The molecule has 4 aromatic carbocycles. The van der Waals surface area contributed by atoms with E-state index in [2.05, 4.69) is 104 Å². The van der Waals surface area contributed by atoms with Crippen LogP contribution in [0.15, 0.2) is 60.7 Å². The lowest BCUT2D eigenvalue weighted by Gasteiger charge is -2.74. The lowest BCUT2D eigenvalue weighted by molar-refractivity contribution is -0.215. The fourth-order valence-electron chi connectivity index (χ4n) is 38.5. The van der Waals surface area contributed by atoms with Crippen LogP contribution in [0.3, 0.4) is 0 Å². The van der Waals surface area contributed by atoms with Crippen LogP contribution in [0.2, 0.25) is 0 Å². The van der Waals surface area contributed by atoms with Crippen LogP contribution < -0.4 is 20.9 Å². The number of rotatable bonds is 11. The molecule has 10 atom stereocenters. The highest BCUT2D eigenvalue weighted by molar-refractivity contribution is 5.65. The van der Waals surface area contributed by atoms with Crippen LogP contribution in [0.1, 0.15) is 313 Å². The summed E-state index contributed by atoms with van der Waals surface area (Å²) in [4.78, 5) is 0. The van der Waals surface area contributed by atoms with Gasteiger partial charge in [0, 0.05) is 61.5 Å². The van der Waals surface area contributed by atoms with Crippen LogP contribution in [0, 0.1) is 113 Å². The first-order valence-electron chi connectivity index (χ1n) is 41.2. The molecule has 0 heterocycles. The van der Waals surface area contributed by atoms with Gasteiger partial charge in [-0.1, -0.05) is 79.7 Å². The fraction of sp³-hybridized carbons (Fsp3) is 0.739. The molecule has 6 nitrogen and oxygen atoms in total. The van der Waals surface area contributed by atoms with E-state index < -0.39 is 0 Å². The van der Waals surface area contributed by atoms with E-state index in [1.54, 1.807) is 11.1 Å². The molecule has 10 unspecified atom stereocenters. The molecular formula is C92H120N2O4. The van der Waals surface area contributed by atoms with E-state index in [0.717, 1.165) is 58.5 Å². The van der Waals surface area contributed by atoms with Crippen molar-refractivity contribution in [1.82, 2.24) is 0 Å². The van der Waals surface area contributed by atoms with E-state index >= 15 is 0 Å². The van der Waals surface area contributed by atoms with Gasteiger partial charge in [0.25, 0.3) is 0 Å². The summed E-state index contributed by atoms with van der Waals surface area (Å²) < 4.78 is 16.1. The Morgan fingerprint density at radius 2 is 0.571 bits per heavy atom. The van der Waals surface area contributed by atoms with Gasteiger partial charge >= 0.3 is 0 Å². The van der Waals surface area contributed by atoms with Gasteiger partial charge in [-0.25, -0.2) is 0 Å². The van der Waals surface area contributed by atoms with E-state index in [4.69, 9.17) is 20.9 Å². The first kappa shape index (κ1) is 61.2. The summed E-state index contributed by atoms with van der Waals surface area (Å²) in [6.45, 7) is 21.2. The standard InChI is InChI=1S/C92H120N2O4/c1-78-24-58-25-79(2,42-78)47-86(32-58,46-78)66-18-62(9-11-74(66)97-76-22-72(95)70(93)20-68(76)88-34-60-28-82(5,50-88)44-83(6,29-60)51-88)92(64-16-57-17-65(92)41-91(39-57,40-64)90-36-54-13-55(37-90)15-56(14-54)38-90)63-10-12-75(67(19-63)87-33-59-26-80(3,48-87)43-81(4,27-59)49-87)98-77-23-73(96)71(94)21-69(77)89-35-61-30-84(7,52-89)45-85(8,31-61)53-89/h9-12,18-23,54-61,64-65,95-96H,13-17,24-53,93-94H2,1-8H3. The minimum Gasteiger partial charge on any atom is -0.506 e. The maximum Gasteiger partial charge on any atom is 0.142 e. The number of ether oxygens (including phenoxy) is 2. The molecule has 24 aliphatic carbocycles. The quantitative estimate of drug-likeness (QED) is 0.0880. The number of phenols is 2. The third kappa shape index (κ3) is 8.34. The molecule has 28 rings (SSSR count). The molecule has 98 heavy (non-hydrogen) atoms. The average molecular weight is 1320 g/mol. The van der Waals surface area contributed by atoms with Gasteiger partial charge in [-0.05, 0) is 373 Å². The van der Waals surface area contributed by atoms with Gasteiger partial charge < -0.3 is 31.2 Å². The molecule has 522 valence electrons. The Morgan fingerprint density at radius 3 is 0.867 bits per heavy atom. The molecule has 0 saturated heterocycles. The number of hydrogen-bond acceptors (Lipinski definition) is 6. The lowest BCUT2D eigenvalue weighted by Crippen LogP contribution is -2.66. The van der Waals surface area contributed by atoms with Crippen molar-refractivity contribution in [1.29, 1.82) is 0 Å². The Morgan fingerprint density at radius 1 is 0.296 bits per heavy atom. The summed E-state index contributed by atoms with van der Waals surface area (Å²) in [6, 6.07) is 24.7. The van der Waals surface area contributed by atoms with E-state index in [0.29, 0.717) is 89.2 Å². The predicted molar refractivity (Wildman–Crippen MR) is 392 cm³/mol. The average Bonchev–Trinajstić information content (AvgIpc) is 0.668. The van der Waals surface area contributed by atoms with E-state index in [1.165, 1.54) is 247 Å².